The van der Waals surface area contributed by atoms with E-state index in [-0.39, 0.29) is 10.9 Å². The molecule has 0 saturated heterocycles. The summed E-state index contributed by atoms with van der Waals surface area (Å²) in [5.41, 5.74) is 1.71. The SMILES string of the molecule is CCCn1cc(S(=O)(=O)NC(C)c2ccc(-n3cncn3)cc2)cn1. The lowest BCUT2D eigenvalue weighted by Gasteiger charge is -2.14. The molecule has 2 heterocycles. The second-order valence-electron chi connectivity index (χ2n) is 5.71. The molecular weight excluding hydrogens is 340 g/mol. The summed E-state index contributed by atoms with van der Waals surface area (Å²) >= 11 is 0. The van der Waals surface area contributed by atoms with Crippen LogP contribution in [0.15, 0.2) is 54.2 Å². The Kier molecular flexibility index (Phi) is 4.95. The third kappa shape index (κ3) is 3.94. The Morgan fingerprint density at radius 2 is 1.96 bits per heavy atom. The van der Waals surface area contributed by atoms with Gasteiger partial charge in [0.05, 0.1) is 11.9 Å². The van der Waals surface area contributed by atoms with Crippen LogP contribution in [0.5, 0.6) is 0 Å². The van der Waals surface area contributed by atoms with Gasteiger partial charge in [-0.05, 0) is 31.0 Å². The first-order valence-electron chi connectivity index (χ1n) is 7.99. The summed E-state index contributed by atoms with van der Waals surface area (Å²) in [5, 5.41) is 8.14. The zero-order chi connectivity index (χ0) is 17.9. The molecule has 1 unspecified atom stereocenters. The maximum absolute atomic E-state index is 12.5. The molecule has 1 N–H and O–H groups in total. The number of aromatic nitrogens is 5. The molecule has 0 spiro atoms. The molecule has 1 aromatic carbocycles. The van der Waals surface area contributed by atoms with Crippen LogP contribution in [0.4, 0.5) is 0 Å². The zero-order valence-corrected chi connectivity index (χ0v) is 14.9. The number of nitrogens with zero attached hydrogens (tertiary/aromatic N) is 5. The number of hydrogen-bond donors (Lipinski definition) is 1. The average Bonchev–Trinajstić information content (AvgIpc) is 3.27. The molecule has 8 nitrogen and oxygen atoms in total. The number of sulfonamides is 1. The van der Waals surface area contributed by atoms with Crippen molar-refractivity contribution >= 4 is 10.0 Å². The van der Waals surface area contributed by atoms with Gasteiger partial charge in [-0.15, -0.1) is 0 Å². The van der Waals surface area contributed by atoms with Gasteiger partial charge in [0.2, 0.25) is 10.0 Å². The number of rotatable bonds is 7. The van der Waals surface area contributed by atoms with E-state index < -0.39 is 10.0 Å². The smallest absolute Gasteiger partial charge is 0.244 e. The van der Waals surface area contributed by atoms with Crippen LogP contribution in [-0.4, -0.2) is 33.0 Å². The normalized spacial score (nSPS) is 13.0. The third-order valence-electron chi connectivity index (χ3n) is 3.78. The van der Waals surface area contributed by atoms with Gasteiger partial charge in [0.25, 0.3) is 0 Å². The molecule has 0 amide bonds. The maximum atomic E-state index is 12.5. The first-order chi connectivity index (χ1) is 12.0. The van der Waals surface area contributed by atoms with Crippen molar-refractivity contribution in [2.45, 2.75) is 37.8 Å². The lowest BCUT2D eigenvalue weighted by atomic mass is 10.1. The molecule has 132 valence electrons. The van der Waals surface area contributed by atoms with E-state index in [0.717, 1.165) is 17.7 Å². The van der Waals surface area contributed by atoms with E-state index in [0.29, 0.717) is 6.54 Å². The summed E-state index contributed by atoms with van der Waals surface area (Å²) < 4.78 is 31.0. The molecule has 9 heteroatoms. The van der Waals surface area contributed by atoms with Crippen molar-refractivity contribution in [2.24, 2.45) is 0 Å². The van der Waals surface area contributed by atoms with Crippen LogP contribution >= 0.6 is 0 Å². The topological polar surface area (TPSA) is 94.7 Å². The minimum Gasteiger partial charge on any atom is -0.271 e. The van der Waals surface area contributed by atoms with Gasteiger partial charge in [-0.25, -0.2) is 22.8 Å². The summed E-state index contributed by atoms with van der Waals surface area (Å²) in [4.78, 5) is 4.08. The van der Waals surface area contributed by atoms with Crippen LogP contribution in [0, 0.1) is 0 Å². The van der Waals surface area contributed by atoms with E-state index >= 15 is 0 Å². The first-order valence-corrected chi connectivity index (χ1v) is 9.47. The molecule has 0 fully saturated rings. The van der Waals surface area contributed by atoms with E-state index in [1.54, 1.807) is 28.8 Å². The van der Waals surface area contributed by atoms with Crippen molar-refractivity contribution in [2.75, 3.05) is 0 Å². The minimum atomic E-state index is -3.62. The molecule has 0 aliphatic rings. The highest BCUT2D eigenvalue weighted by molar-refractivity contribution is 7.89. The van der Waals surface area contributed by atoms with Crippen molar-refractivity contribution in [3.8, 4) is 5.69 Å². The Bertz CT molecular complexity index is 916. The second kappa shape index (κ2) is 7.16. The molecular formula is C16H20N6O2S. The molecule has 0 aliphatic heterocycles. The van der Waals surface area contributed by atoms with Gasteiger partial charge < -0.3 is 0 Å². The number of benzene rings is 1. The quantitative estimate of drug-likeness (QED) is 0.694. The van der Waals surface area contributed by atoms with Gasteiger partial charge in [0.1, 0.15) is 17.6 Å². The number of hydrogen-bond acceptors (Lipinski definition) is 5. The molecule has 0 radical (unpaired) electrons. The predicted octanol–water partition coefficient (Wildman–Crippen LogP) is 1.91. The van der Waals surface area contributed by atoms with Crippen LogP contribution in [-0.2, 0) is 16.6 Å². The molecule has 0 bridgehead atoms. The monoisotopic (exact) mass is 360 g/mol. The zero-order valence-electron chi connectivity index (χ0n) is 14.1. The largest absolute Gasteiger partial charge is 0.271 e. The third-order valence-corrected chi connectivity index (χ3v) is 5.28. The van der Waals surface area contributed by atoms with Crippen LogP contribution in [0.2, 0.25) is 0 Å². The van der Waals surface area contributed by atoms with E-state index in [2.05, 4.69) is 19.9 Å². The summed E-state index contributed by atoms with van der Waals surface area (Å²) in [6, 6.07) is 7.10. The van der Waals surface area contributed by atoms with Crippen molar-refractivity contribution in [1.82, 2.24) is 29.3 Å². The van der Waals surface area contributed by atoms with Gasteiger partial charge >= 0.3 is 0 Å². The Labute approximate surface area is 146 Å². The fourth-order valence-electron chi connectivity index (χ4n) is 2.46. The van der Waals surface area contributed by atoms with Crippen LogP contribution < -0.4 is 4.72 Å². The van der Waals surface area contributed by atoms with Gasteiger partial charge in [-0.3, -0.25) is 4.68 Å². The maximum Gasteiger partial charge on any atom is 0.244 e. The van der Waals surface area contributed by atoms with E-state index in [1.807, 2.05) is 31.2 Å². The summed E-state index contributed by atoms with van der Waals surface area (Å²) in [5.74, 6) is 0. The Morgan fingerprint density at radius 1 is 1.20 bits per heavy atom. The number of nitrogens with one attached hydrogen (secondary N) is 1. The van der Waals surface area contributed by atoms with Gasteiger partial charge in [-0.2, -0.15) is 10.2 Å². The minimum absolute atomic E-state index is 0.173. The second-order valence-corrected chi connectivity index (χ2v) is 7.43. The fourth-order valence-corrected chi connectivity index (χ4v) is 3.64. The molecule has 0 aliphatic carbocycles. The van der Waals surface area contributed by atoms with Gasteiger partial charge in [-0.1, -0.05) is 19.1 Å². The highest BCUT2D eigenvalue weighted by Crippen LogP contribution is 2.18. The average molecular weight is 360 g/mol. The van der Waals surface area contributed by atoms with Gasteiger partial charge in [0.15, 0.2) is 0 Å². The van der Waals surface area contributed by atoms with Crippen LogP contribution in [0.25, 0.3) is 5.69 Å². The predicted molar refractivity (Wildman–Crippen MR) is 92.6 cm³/mol. The fraction of sp³-hybridized carbons (Fsp3) is 0.312. The van der Waals surface area contributed by atoms with Crippen LogP contribution in [0.1, 0.15) is 31.9 Å². The van der Waals surface area contributed by atoms with Crippen molar-refractivity contribution in [1.29, 1.82) is 0 Å². The number of aryl methyl sites for hydroxylation is 1. The molecule has 3 rings (SSSR count). The standard InChI is InChI=1S/C16H20N6O2S/c1-3-8-21-10-16(9-18-21)25(23,24)20-13(2)14-4-6-15(7-5-14)22-12-17-11-19-22/h4-7,9-13,20H,3,8H2,1-2H3. The van der Waals surface area contributed by atoms with E-state index in [1.165, 1.54) is 12.5 Å². The Balaban J connectivity index is 1.73. The Hall–Kier alpha value is -2.52. The highest BCUT2D eigenvalue weighted by Gasteiger charge is 2.20. The Morgan fingerprint density at radius 3 is 2.60 bits per heavy atom. The lowest BCUT2D eigenvalue weighted by molar-refractivity contribution is 0.565. The van der Waals surface area contributed by atoms with Crippen molar-refractivity contribution in [3.63, 3.8) is 0 Å². The molecule has 2 aromatic heterocycles. The van der Waals surface area contributed by atoms with Crippen molar-refractivity contribution < 1.29 is 8.42 Å². The molecule has 3 aromatic rings. The summed E-state index contributed by atoms with van der Waals surface area (Å²) in [6.45, 7) is 4.51. The van der Waals surface area contributed by atoms with E-state index in [9.17, 15) is 8.42 Å². The van der Waals surface area contributed by atoms with Crippen molar-refractivity contribution in [3.05, 3.63) is 54.9 Å². The molecule has 25 heavy (non-hydrogen) atoms. The van der Waals surface area contributed by atoms with E-state index in [4.69, 9.17) is 0 Å². The lowest BCUT2D eigenvalue weighted by Crippen LogP contribution is -2.26. The molecule has 1 atom stereocenters. The first kappa shape index (κ1) is 17.3. The summed E-state index contributed by atoms with van der Waals surface area (Å²) in [6.07, 6.45) is 6.88. The van der Waals surface area contributed by atoms with Crippen LogP contribution in [0.3, 0.4) is 0 Å². The highest BCUT2D eigenvalue weighted by atomic mass is 32.2. The van der Waals surface area contributed by atoms with Gasteiger partial charge in [0, 0.05) is 18.8 Å². The summed E-state index contributed by atoms with van der Waals surface area (Å²) in [7, 11) is -3.62. The molecule has 0 saturated carbocycles.